The molecule has 0 radical (unpaired) electrons. The second kappa shape index (κ2) is 4.89. The van der Waals surface area contributed by atoms with E-state index in [0.717, 1.165) is 18.8 Å². The van der Waals surface area contributed by atoms with Gasteiger partial charge in [0.1, 0.15) is 11.6 Å². The van der Waals surface area contributed by atoms with Crippen LogP contribution in [0.1, 0.15) is 6.42 Å². The second-order valence-electron chi connectivity index (χ2n) is 4.88. The summed E-state index contributed by atoms with van der Waals surface area (Å²) in [7, 11) is 4.07. The molecule has 94 valence electrons. The van der Waals surface area contributed by atoms with E-state index in [1.165, 1.54) is 0 Å². The van der Waals surface area contributed by atoms with E-state index in [2.05, 4.69) is 14.8 Å². The normalized spacial score (nSPS) is 24.6. The molecule has 2 atom stereocenters. The summed E-state index contributed by atoms with van der Waals surface area (Å²) in [6.45, 7) is 1.54. The number of β-amino-alcohol motifs (C(OH)–C–C–N with tert-alkyl or cyclic N) is 1. The van der Waals surface area contributed by atoms with Gasteiger partial charge in [-0.3, -0.25) is 0 Å². The molecule has 0 aliphatic carbocycles. The quantitative estimate of drug-likeness (QED) is 0.783. The molecule has 0 saturated carbocycles. The zero-order chi connectivity index (χ0) is 12.4. The molecule has 5 heteroatoms. The van der Waals surface area contributed by atoms with Crippen LogP contribution in [0.15, 0.2) is 18.2 Å². The Bertz CT molecular complexity index is 383. The number of rotatable bonds is 3. The number of nitrogens with two attached hydrogens (primary N) is 1. The molecule has 1 aromatic heterocycles. The number of hydrogen-bond acceptors (Lipinski definition) is 5. The Morgan fingerprint density at radius 1 is 1.53 bits per heavy atom. The van der Waals surface area contributed by atoms with Gasteiger partial charge >= 0.3 is 0 Å². The highest BCUT2D eigenvalue weighted by Crippen LogP contribution is 2.25. The fourth-order valence-electron chi connectivity index (χ4n) is 2.37. The molecular formula is C12H20N4O. The summed E-state index contributed by atoms with van der Waals surface area (Å²) in [6.07, 6.45) is 0.512. The van der Waals surface area contributed by atoms with Gasteiger partial charge in [-0.05, 0) is 32.6 Å². The molecule has 0 amide bonds. The van der Waals surface area contributed by atoms with E-state index in [4.69, 9.17) is 5.73 Å². The van der Waals surface area contributed by atoms with Crippen molar-refractivity contribution in [3.8, 4) is 0 Å². The van der Waals surface area contributed by atoms with Gasteiger partial charge in [0.2, 0.25) is 0 Å². The third-order valence-electron chi connectivity index (χ3n) is 3.02. The summed E-state index contributed by atoms with van der Waals surface area (Å²) < 4.78 is 0. The smallest absolute Gasteiger partial charge is 0.131 e. The number of hydrogen-bond donors (Lipinski definition) is 2. The maximum Gasteiger partial charge on any atom is 0.131 e. The van der Waals surface area contributed by atoms with E-state index < -0.39 is 0 Å². The Morgan fingerprint density at radius 2 is 2.29 bits per heavy atom. The highest BCUT2D eigenvalue weighted by atomic mass is 16.3. The van der Waals surface area contributed by atoms with Crippen LogP contribution in [0.3, 0.4) is 0 Å². The zero-order valence-electron chi connectivity index (χ0n) is 10.4. The number of anilines is 2. The lowest BCUT2D eigenvalue weighted by atomic mass is 10.2. The monoisotopic (exact) mass is 236 g/mol. The van der Waals surface area contributed by atoms with Gasteiger partial charge in [0.25, 0.3) is 0 Å². The minimum Gasteiger partial charge on any atom is -0.391 e. The molecule has 1 aromatic rings. The Kier molecular flexibility index (Phi) is 3.49. The Labute approximate surface area is 102 Å². The fraction of sp³-hybridized carbons (Fsp3) is 0.583. The first-order valence-electron chi connectivity index (χ1n) is 5.88. The van der Waals surface area contributed by atoms with Gasteiger partial charge in [-0.15, -0.1) is 0 Å². The first-order chi connectivity index (χ1) is 8.06. The molecule has 1 aliphatic heterocycles. The van der Waals surface area contributed by atoms with Crippen LogP contribution in [0.5, 0.6) is 0 Å². The molecule has 0 spiro atoms. The average molecular weight is 236 g/mol. The topological polar surface area (TPSA) is 65.6 Å². The first kappa shape index (κ1) is 12.1. The maximum atomic E-state index is 9.79. The number of aromatic nitrogens is 1. The highest BCUT2D eigenvalue weighted by Gasteiger charge is 2.31. The van der Waals surface area contributed by atoms with Crippen molar-refractivity contribution in [3.05, 3.63) is 18.2 Å². The van der Waals surface area contributed by atoms with Crippen LogP contribution in [0.4, 0.5) is 11.6 Å². The molecular weight excluding hydrogens is 216 g/mol. The number of likely N-dealkylation sites (N-methyl/N-ethyl adjacent to an activating group) is 1. The lowest BCUT2D eigenvalue weighted by Crippen LogP contribution is -2.38. The Balaban J connectivity index is 2.17. The largest absolute Gasteiger partial charge is 0.391 e. The Hall–Kier alpha value is -1.33. The fourth-order valence-corrected chi connectivity index (χ4v) is 2.37. The van der Waals surface area contributed by atoms with Gasteiger partial charge in [-0.1, -0.05) is 6.07 Å². The number of aliphatic hydroxyl groups is 1. The molecule has 2 rings (SSSR count). The molecule has 0 bridgehead atoms. The minimum atomic E-state index is -0.275. The van der Waals surface area contributed by atoms with Crippen molar-refractivity contribution >= 4 is 11.6 Å². The van der Waals surface area contributed by atoms with E-state index in [1.807, 2.05) is 26.2 Å². The summed E-state index contributed by atoms with van der Waals surface area (Å²) in [5.74, 6) is 1.38. The van der Waals surface area contributed by atoms with E-state index in [0.29, 0.717) is 18.4 Å². The van der Waals surface area contributed by atoms with Gasteiger partial charge in [0, 0.05) is 19.1 Å². The number of nitrogens with zero attached hydrogens (tertiary/aromatic N) is 3. The second-order valence-corrected chi connectivity index (χ2v) is 4.88. The summed E-state index contributed by atoms with van der Waals surface area (Å²) in [5.41, 5.74) is 5.70. The van der Waals surface area contributed by atoms with Crippen molar-refractivity contribution in [1.29, 1.82) is 0 Å². The van der Waals surface area contributed by atoms with Gasteiger partial charge in [0.05, 0.1) is 6.10 Å². The number of nitrogen functional groups attached to an aromatic ring is 1. The average Bonchev–Trinajstić information content (AvgIpc) is 2.58. The molecule has 3 N–H and O–H groups in total. The maximum absolute atomic E-state index is 9.79. The van der Waals surface area contributed by atoms with E-state index >= 15 is 0 Å². The molecule has 5 nitrogen and oxygen atoms in total. The van der Waals surface area contributed by atoms with Gasteiger partial charge in [-0.25, -0.2) is 4.98 Å². The van der Waals surface area contributed by atoms with E-state index in [1.54, 1.807) is 6.07 Å². The van der Waals surface area contributed by atoms with Crippen molar-refractivity contribution in [2.75, 3.05) is 37.8 Å². The van der Waals surface area contributed by atoms with Crippen LogP contribution < -0.4 is 10.6 Å². The van der Waals surface area contributed by atoms with Crippen LogP contribution in [-0.2, 0) is 0 Å². The van der Waals surface area contributed by atoms with Crippen LogP contribution in [0.25, 0.3) is 0 Å². The van der Waals surface area contributed by atoms with Crippen LogP contribution in [0.2, 0.25) is 0 Å². The van der Waals surface area contributed by atoms with Gasteiger partial charge in [0.15, 0.2) is 0 Å². The van der Waals surface area contributed by atoms with Crippen molar-refractivity contribution in [2.24, 2.45) is 0 Å². The van der Waals surface area contributed by atoms with Crippen molar-refractivity contribution < 1.29 is 5.11 Å². The van der Waals surface area contributed by atoms with Gasteiger partial charge in [-0.2, -0.15) is 0 Å². The van der Waals surface area contributed by atoms with Crippen molar-refractivity contribution in [1.82, 2.24) is 9.88 Å². The molecule has 2 unspecified atom stereocenters. The summed E-state index contributed by atoms with van der Waals surface area (Å²) in [4.78, 5) is 8.59. The predicted octanol–water partition coefficient (Wildman–Crippen LogP) is 0.165. The lowest BCUT2D eigenvalue weighted by molar-refractivity contribution is 0.191. The van der Waals surface area contributed by atoms with Crippen molar-refractivity contribution in [2.45, 2.75) is 18.6 Å². The van der Waals surface area contributed by atoms with Crippen LogP contribution >= 0.6 is 0 Å². The first-order valence-corrected chi connectivity index (χ1v) is 5.88. The van der Waals surface area contributed by atoms with E-state index in [9.17, 15) is 5.11 Å². The van der Waals surface area contributed by atoms with Crippen LogP contribution in [-0.4, -0.2) is 54.3 Å². The molecule has 0 aromatic carbocycles. The predicted molar refractivity (Wildman–Crippen MR) is 69.0 cm³/mol. The van der Waals surface area contributed by atoms with Crippen LogP contribution in [0, 0.1) is 0 Å². The SMILES string of the molecule is CN(C)CC1CC(O)CN1c1cccc(N)n1. The molecule has 1 fully saturated rings. The third-order valence-corrected chi connectivity index (χ3v) is 3.02. The minimum absolute atomic E-state index is 0.275. The summed E-state index contributed by atoms with van der Waals surface area (Å²) >= 11 is 0. The summed E-state index contributed by atoms with van der Waals surface area (Å²) in [5, 5.41) is 9.79. The number of aliphatic hydroxyl groups excluding tert-OH is 1. The van der Waals surface area contributed by atoms with E-state index in [-0.39, 0.29) is 6.10 Å². The summed E-state index contributed by atoms with van der Waals surface area (Å²) in [6, 6.07) is 5.91. The zero-order valence-corrected chi connectivity index (χ0v) is 10.4. The van der Waals surface area contributed by atoms with Gasteiger partial charge < -0.3 is 20.6 Å². The molecule has 2 heterocycles. The molecule has 1 aliphatic rings. The molecule has 1 saturated heterocycles. The standard InChI is InChI=1S/C12H20N4O/c1-15(2)7-9-6-10(17)8-16(9)12-5-3-4-11(13)14-12/h3-5,9-10,17H,6-8H2,1-2H3,(H2,13,14). The number of pyridine rings is 1. The Morgan fingerprint density at radius 3 is 2.94 bits per heavy atom. The highest BCUT2D eigenvalue weighted by molar-refractivity contribution is 5.47. The third kappa shape index (κ3) is 2.87. The lowest BCUT2D eigenvalue weighted by Gasteiger charge is -2.27. The molecule has 17 heavy (non-hydrogen) atoms. The van der Waals surface area contributed by atoms with Crippen molar-refractivity contribution in [3.63, 3.8) is 0 Å².